The fourth-order valence-corrected chi connectivity index (χ4v) is 4.48. The first kappa shape index (κ1) is 23.0. The van der Waals surface area contributed by atoms with Gasteiger partial charge < -0.3 is 15.0 Å². The second kappa shape index (κ2) is 13.2. The molecule has 1 saturated heterocycles. The molecular formula is C18H29BrIN3OS. The summed E-state index contributed by atoms with van der Waals surface area (Å²) >= 11 is 5.51. The maximum absolute atomic E-state index is 5.27. The van der Waals surface area contributed by atoms with Crippen molar-refractivity contribution in [3.63, 3.8) is 0 Å². The van der Waals surface area contributed by atoms with Gasteiger partial charge in [0.25, 0.3) is 0 Å². The van der Waals surface area contributed by atoms with Gasteiger partial charge in [-0.15, -0.1) is 35.7 Å². The molecule has 142 valence electrons. The molecular weight excluding hydrogens is 513 g/mol. The highest BCUT2D eigenvalue weighted by Gasteiger charge is 2.24. The molecule has 0 aliphatic carbocycles. The molecule has 0 spiro atoms. The second-order valence-corrected chi connectivity index (χ2v) is 8.01. The lowest BCUT2D eigenvalue weighted by Crippen LogP contribution is -2.40. The van der Waals surface area contributed by atoms with Crippen LogP contribution in [0.3, 0.4) is 0 Å². The summed E-state index contributed by atoms with van der Waals surface area (Å²) in [6.45, 7) is 3.95. The van der Waals surface area contributed by atoms with Crippen molar-refractivity contribution in [2.75, 3.05) is 46.2 Å². The number of likely N-dealkylation sites (tertiary alicyclic amines) is 1. The number of hydrogen-bond acceptors (Lipinski definition) is 3. The Kier molecular flexibility index (Phi) is 12.2. The van der Waals surface area contributed by atoms with E-state index in [0.29, 0.717) is 5.92 Å². The van der Waals surface area contributed by atoms with Crippen LogP contribution in [0, 0.1) is 5.92 Å². The predicted molar refractivity (Wildman–Crippen MR) is 122 cm³/mol. The average molecular weight is 542 g/mol. The summed E-state index contributed by atoms with van der Waals surface area (Å²) in [7, 11) is 3.65. The molecule has 2 rings (SSSR count). The second-order valence-electron chi connectivity index (χ2n) is 6.02. The lowest BCUT2D eigenvalue weighted by molar-refractivity contribution is 0.157. The number of methoxy groups -OCH3 is 1. The van der Waals surface area contributed by atoms with Gasteiger partial charge in [-0.2, -0.15) is 0 Å². The molecule has 0 bridgehead atoms. The summed E-state index contributed by atoms with van der Waals surface area (Å²) < 4.78 is 6.45. The Morgan fingerprint density at radius 1 is 1.40 bits per heavy atom. The Balaban J connectivity index is 0.00000312. The standard InChI is InChI=1S/C18H28BrN3OS.HI/c1-20-18(22-11-9-15(13-22)14-23-2)21-10-5-6-12-24-17-8-4-3-7-16(17)19;/h3-4,7-8,15H,5-6,9-14H2,1-2H3,(H,20,21);1H. The Morgan fingerprint density at radius 2 is 2.20 bits per heavy atom. The molecule has 0 radical (unpaired) electrons. The van der Waals surface area contributed by atoms with Crippen LogP contribution in [0.25, 0.3) is 0 Å². The van der Waals surface area contributed by atoms with Gasteiger partial charge in [-0.05, 0) is 53.1 Å². The molecule has 1 atom stereocenters. The first-order valence-electron chi connectivity index (χ1n) is 8.56. The minimum absolute atomic E-state index is 0. The van der Waals surface area contributed by atoms with Crippen molar-refractivity contribution in [3.05, 3.63) is 28.7 Å². The van der Waals surface area contributed by atoms with Crippen molar-refractivity contribution < 1.29 is 4.74 Å². The third kappa shape index (κ3) is 8.05. The van der Waals surface area contributed by atoms with Gasteiger partial charge in [0, 0.05) is 49.1 Å². The quantitative estimate of drug-likeness (QED) is 0.173. The highest BCUT2D eigenvalue weighted by molar-refractivity contribution is 14.0. The van der Waals surface area contributed by atoms with Crippen LogP contribution in [0.1, 0.15) is 19.3 Å². The van der Waals surface area contributed by atoms with Gasteiger partial charge in [-0.1, -0.05) is 12.1 Å². The van der Waals surface area contributed by atoms with E-state index in [1.807, 2.05) is 18.8 Å². The van der Waals surface area contributed by atoms with Crippen molar-refractivity contribution in [2.24, 2.45) is 10.9 Å². The number of guanidine groups is 1. The van der Waals surface area contributed by atoms with Gasteiger partial charge in [-0.3, -0.25) is 4.99 Å². The molecule has 0 aromatic heterocycles. The first-order chi connectivity index (χ1) is 11.7. The summed E-state index contributed by atoms with van der Waals surface area (Å²) in [5.41, 5.74) is 0. The highest BCUT2D eigenvalue weighted by atomic mass is 127. The van der Waals surface area contributed by atoms with E-state index in [2.05, 4.69) is 55.4 Å². The average Bonchev–Trinajstić information content (AvgIpc) is 3.04. The summed E-state index contributed by atoms with van der Waals surface area (Å²) in [5, 5.41) is 3.50. The van der Waals surface area contributed by atoms with Crippen LogP contribution in [-0.2, 0) is 4.74 Å². The Morgan fingerprint density at radius 3 is 2.92 bits per heavy atom. The van der Waals surface area contributed by atoms with E-state index >= 15 is 0 Å². The van der Waals surface area contributed by atoms with Gasteiger partial charge in [0.05, 0.1) is 6.61 Å². The van der Waals surface area contributed by atoms with Crippen LogP contribution < -0.4 is 5.32 Å². The normalized spacial score (nSPS) is 17.5. The molecule has 0 saturated carbocycles. The van der Waals surface area contributed by atoms with Crippen LogP contribution >= 0.6 is 51.7 Å². The Hall–Kier alpha value is 0.01000. The van der Waals surface area contributed by atoms with Gasteiger partial charge >= 0.3 is 0 Å². The molecule has 1 fully saturated rings. The Labute approximate surface area is 181 Å². The number of unbranched alkanes of at least 4 members (excludes halogenated alkanes) is 1. The van der Waals surface area contributed by atoms with Gasteiger partial charge in [0.15, 0.2) is 5.96 Å². The topological polar surface area (TPSA) is 36.9 Å². The van der Waals surface area contributed by atoms with Crippen LogP contribution in [0.5, 0.6) is 0 Å². The summed E-state index contributed by atoms with van der Waals surface area (Å²) in [6.07, 6.45) is 3.55. The monoisotopic (exact) mass is 541 g/mol. The minimum Gasteiger partial charge on any atom is -0.384 e. The maximum atomic E-state index is 5.27. The molecule has 1 aromatic carbocycles. The highest BCUT2D eigenvalue weighted by Crippen LogP contribution is 2.27. The summed E-state index contributed by atoms with van der Waals surface area (Å²) in [4.78, 5) is 8.09. The number of hydrogen-bond donors (Lipinski definition) is 1. The van der Waals surface area contributed by atoms with E-state index in [4.69, 9.17) is 4.74 Å². The largest absolute Gasteiger partial charge is 0.384 e. The number of halogens is 2. The van der Waals surface area contributed by atoms with Crippen LogP contribution in [-0.4, -0.2) is 57.0 Å². The SMILES string of the molecule is CN=C(NCCCCSc1ccccc1Br)N1CCC(COC)C1.I. The molecule has 1 N–H and O–H groups in total. The zero-order valence-electron chi connectivity index (χ0n) is 15.0. The smallest absolute Gasteiger partial charge is 0.193 e. The zero-order chi connectivity index (χ0) is 17.2. The van der Waals surface area contributed by atoms with E-state index < -0.39 is 0 Å². The third-order valence-corrected chi connectivity index (χ3v) is 6.26. The van der Waals surface area contributed by atoms with Crippen LogP contribution in [0.4, 0.5) is 0 Å². The number of rotatable bonds is 8. The number of thioether (sulfide) groups is 1. The molecule has 1 unspecified atom stereocenters. The first-order valence-corrected chi connectivity index (χ1v) is 10.3. The minimum atomic E-state index is 0. The lowest BCUT2D eigenvalue weighted by Gasteiger charge is -2.21. The van der Waals surface area contributed by atoms with Crippen molar-refractivity contribution in [3.8, 4) is 0 Å². The molecule has 1 aliphatic rings. The third-order valence-electron chi connectivity index (χ3n) is 4.15. The van der Waals surface area contributed by atoms with Crippen LogP contribution in [0.2, 0.25) is 0 Å². The molecule has 25 heavy (non-hydrogen) atoms. The fraction of sp³-hybridized carbons (Fsp3) is 0.611. The van der Waals surface area contributed by atoms with Crippen LogP contribution in [0.15, 0.2) is 38.6 Å². The zero-order valence-corrected chi connectivity index (χ0v) is 19.8. The van der Waals surface area contributed by atoms with Crippen molar-refractivity contribution in [1.29, 1.82) is 0 Å². The summed E-state index contributed by atoms with van der Waals surface area (Å²) in [6, 6.07) is 8.41. The number of benzene rings is 1. The van der Waals surface area contributed by atoms with E-state index in [9.17, 15) is 0 Å². The van der Waals surface area contributed by atoms with E-state index in [0.717, 1.165) is 44.4 Å². The number of nitrogens with zero attached hydrogens (tertiary/aromatic N) is 2. The fourth-order valence-electron chi connectivity index (χ4n) is 2.90. The molecule has 4 nitrogen and oxygen atoms in total. The van der Waals surface area contributed by atoms with Gasteiger partial charge in [0.2, 0.25) is 0 Å². The number of nitrogens with one attached hydrogen (secondary N) is 1. The van der Waals surface area contributed by atoms with Crippen molar-refractivity contribution in [1.82, 2.24) is 10.2 Å². The number of ether oxygens (including phenoxy) is 1. The van der Waals surface area contributed by atoms with Gasteiger partial charge in [0.1, 0.15) is 0 Å². The van der Waals surface area contributed by atoms with E-state index in [-0.39, 0.29) is 24.0 Å². The molecule has 1 aromatic rings. The number of aliphatic imine (C=N–C) groups is 1. The van der Waals surface area contributed by atoms with Crippen molar-refractivity contribution >= 4 is 57.6 Å². The maximum Gasteiger partial charge on any atom is 0.193 e. The molecule has 7 heteroatoms. The molecule has 1 heterocycles. The predicted octanol–water partition coefficient (Wildman–Crippen LogP) is 4.48. The summed E-state index contributed by atoms with van der Waals surface area (Å²) in [5.74, 6) is 2.81. The van der Waals surface area contributed by atoms with E-state index in [1.54, 1.807) is 7.11 Å². The molecule has 0 amide bonds. The van der Waals surface area contributed by atoms with Gasteiger partial charge in [-0.25, -0.2) is 0 Å². The Bertz CT molecular complexity index is 533. The van der Waals surface area contributed by atoms with Crippen molar-refractivity contribution in [2.45, 2.75) is 24.2 Å². The lowest BCUT2D eigenvalue weighted by atomic mass is 10.1. The molecule has 1 aliphatic heterocycles. The van der Waals surface area contributed by atoms with E-state index in [1.165, 1.54) is 22.2 Å².